The van der Waals surface area contributed by atoms with E-state index in [0.29, 0.717) is 0 Å². The fraction of sp³-hybridized carbons (Fsp3) is 0.364. The van der Waals surface area contributed by atoms with E-state index in [1.165, 1.54) is 19.1 Å². The fourth-order valence-corrected chi connectivity index (χ4v) is 1.88. The number of sulfone groups is 1. The molecular weight excluding hydrogens is 263 g/mol. The molecule has 0 radical (unpaired) electrons. The number of rotatable bonds is 6. The van der Waals surface area contributed by atoms with Crippen molar-refractivity contribution in [2.24, 2.45) is 0 Å². The molecule has 0 spiro atoms. The van der Waals surface area contributed by atoms with Crippen molar-refractivity contribution in [2.75, 3.05) is 18.1 Å². The molecule has 18 heavy (non-hydrogen) atoms. The first-order chi connectivity index (χ1) is 8.37. The zero-order valence-corrected chi connectivity index (χ0v) is 10.5. The van der Waals surface area contributed by atoms with E-state index >= 15 is 0 Å². The molecule has 5 nitrogen and oxygen atoms in total. The van der Waals surface area contributed by atoms with E-state index in [4.69, 9.17) is 9.84 Å². The Morgan fingerprint density at radius 2 is 2.11 bits per heavy atom. The summed E-state index contributed by atoms with van der Waals surface area (Å²) < 4.78 is 40.7. The summed E-state index contributed by atoms with van der Waals surface area (Å²) in [6.07, 6.45) is 0. The number of benzene rings is 1. The molecule has 0 heterocycles. The van der Waals surface area contributed by atoms with Crippen molar-refractivity contribution < 1.29 is 27.4 Å². The van der Waals surface area contributed by atoms with Crippen LogP contribution in [0, 0.1) is 5.82 Å². The van der Waals surface area contributed by atoms with E-state index in [-0.39, 0.29) is 23.9 Å². The maximum atomic E-state index is 13.2. The van der Waals surface area contributed by atoms with E-state index in [0.717, 1.165) is 6.07 Å². The number of hydrogen-bond donors (Lipinski definition) is 1. The van der Waals surface area contributed by atoms with E-state index in [9.17, 15) is 17.6 Å². The summed E-state index contributed by atoms with van der Waals surface area (Å²) in [6, 6.07) is 3.58. The number of aromatic carboxylic acids is 1. The normalized spacial score (nSPS) is 11.2. The Hall–Kier alpha value is -1.63. The molecule has 0 bridgehead atoms. The molecule has 1 aromatic carbocycles. The molecular formula is C11H13FO5S. The molecule has 1 aromatic rings. The Balaban J connectivity index is 2.80. The van der Waals surface area contributed by atoms with Crippen molar-refractivity contribution >= 4 is 15.8 Å². The molecule has 0 aromatic heterocycles. The Morgan fingerprint density at radius 1 is 1.44 bits per heavy atom. The van der Waals surface area contributed by atoms with Crippen LogP contribution < -0.4 is 4.74 Å². The van der Waals surface area contributed by atoms with Crippen LogP contribution in [0.3, 0.4) is 0 Å². The lowest BCUT2D eigenvalue weighted by molar-refractivity contribution is 0.0687. The molecule has 0 aliphatic heterocycles. The molecule has 1 rings (SSSR count). The quantitative estimate of drug-likeness (QED) is 0.848. The second-order valence-electron chi connectivity index (χ2n) is 3.50. The minimum Gasteiger partial charge on any atom is -0.492 e. The number of halogens is 1. The minimum atomic E-state index is -3.20. The highest BCUT2D eigenvalue weighted by atomic mass is 32.2. The van der Waals surface area contributed by atoms with Crippen molar-refractivity contribution in [3.05, 3.63) is 29.6 Å². The molecule has 7 heteroatoms. The van der Waals surface area contributed by atoms with Gasteiger partial charge in [0.2, 0.25) is 0 Å². The summed E-state index contributed by atoms with van der Waals surface area (Å²) in [5.41, 5.74) is -0.591. The van der Waals surface area contributed by atoms with Gasteiger partial charge in [0, 0.05) is 5.75 Å². The predicted octanol–water partition coefficient (Wildman–Crippen LogP) is 1.34. The van der Waals surface area contributed by atoms with Crippen LogP contribution in [0.1, 0.15) is 17.3 Å². The van der Waals surface area contributed by atoms with Gasteiger partial charge in [-0.25, -0.2) is 17.6 Å². The first-order valence-corrected chi connectivity index (χ1v) is 7.04. The summed E-state index contributed by atoms with van der Waals surface area (Å²) in [6.45, 7) is 1.29. The van der Waals surface area contributed by atoms with Crippen LogP contribution in [0.15, 0.2) is 18.2 Å². The Bertz CT molecular complexity index is 538. The van der Waals surface area contributed by atoms with Crippen LogP contribution >= 0.6 is 0 Å². The van der Waals surface area contributed by atoms with Gasteiger partial charge in [-0.1, -0.05) is 13.0 Å². The van der Waals surface area contributed by atoms with Crippen LogP contribution in [0.2, 0.25) is 0 Å². The van der Waals surface area contributed by atoms with Crippen molar-refractivity contribution in [3.63, 3.8) is 0 Å². The number of carboxylic acids is 1. The lowest BCUT2D eigenvalue weighted by Crippen LogP contribution is -2.16. The van der Waals surface area contributed by atoms with Crippen LogP contribution in [0.5, 0.6) is 5.75 Å². The molecule has 0 atom stereocenters. The van der Waals surface area contributed by atoms with Gasteiger partial charge in [-0.3, -0.25) is 0 Å². The zero-order valence-electron chi connectivity index (χ0n) is 9.72. The highest BCUT2D eigenvalue weighted by molar-refractivity contribution is 7.91. The topological polar surface area (TPSA) is 80.7 Å². The molecule has 0 unspecified atom stereocenters. The van der Waals surface area contributed by atoms with Crippen molar-refractivity contribution in [1.82, 2.24) is 0 Å². The van der Waals surface area contributed by atoms with Crippen LogP contribution in [0.4, 0.5) is 4.39 Å². The maximum Gasteiger partial charge on any atom is 0.342 e. The summed E-state index contributed by atoms with van der Waals surface area (Å²) >= 11 is 0. The molecule has 0 saturated heterocycles. The van der Waals surface area contributed by atoms with Crippen LogP contribution in [0.25, 0.3) is 0 Å². The monoisotopic (exact) mass is 276 g/mol. The van der Waals surface area contributed by atoms with Crippen molar-refractivity contribution in [2.45, 2.75) is 6.92 Å². The van der Waals surface area contributed by atoms with E-state index in [1.807, 2.05) is 0 Å². The number of carbonyl (C=O) groups is 1. The van der Waals surface area contributed by atoms with Crippen molar-refractivity contribution in [1.29, 1.82) is 0 Å². The SMILES string of the molecule is CCS(=O)(=O)CCOc1cccc(F)c1C(=O)O. The first-order valence-electron chi connectivity index (χ1n) is 5.22. The van der Waals surface area contributed by atoms with Crippen LogP contribution in [-0.2, 0) is 9.84 Å². The van der Waals surface area contributed by atoms with Crippen LogP contribution in [-0.4, -0.2) is 37.6 Å². The van der Waals surface area contributed by atoms with Gasteiger partial charge < -0.3 is 9.84 Å². The maximum absolute atomic E-state index is 13.2. The molecule has 1 N–H and O–H groups in total. The second kappa shape index (κ2) is 5.81. The van der Waals surface area contributed by atoms with Gasteiger partial charge in [-0.2, -0.15) is 0 Å². The highest BCUT2D eigenvalue weighted by Crippen LogP contribution is 2.21. The third kappa shape index (κ3) is 3.69. The standard InChI is InChI=1S/C11H13FO5S/c1-2-18(15,16)7-6-17-9-5-3-4-8(12)10(9)11(13)14/h3-5H,2,6-7H2,1H3,(H,13,14). The summed E-state index contributed by atoms with van der Waals surface area (Å²) in [7, 11) is -3.20. The Morgan fingerprint density at radius 3 is 2.67 bits per heavy atom. The first kappa shape index (κ1) is 14.4. The lowest BCUT2D eigenvalue weighted by atomic mass is 10.2. The molecule has 0 amide bonds. The zero-order chi connectivity index (χ0) is 13.8. The third-order valence-electron chi connectivity index (χ3n) is 2.28. The smallest absolute Gasteiger partial charge is 0.342 e. The average Bonchev–Trinajstić information content (AvgIpc) is 2.28. The number of ether oxygens (including phenoxy) is 1. The van der Waals surface area contributed by atoms with Gasteiger partial charge >= 0.3 is 5.97 Å². The Kier molecular flexibility index (Phi) is 4.66. The number of carboxylic acid groups (broad SMARTS) is 1. The number of hydrogen-bond acceptors (Lipinski definition) is 4. The summed E-state index contributed by atoms with van der Waals surface area (Å²) in [5.74, 6) is -2.81. The Labute approximate surface area is 104 Å². The third-order valence-corrected chi connectivity index (χ3v) is 3.95. The molecule has 100 valence electrons. The van der Waals surface area contributed by atoms with E-state index < -0.39 is 27.2 Å². The predicted molar refractivity (Wildman–Crippen MR) is 63.2 cm³/mol. The van der Waals surface area contributed by atoms with Gasteiger partial charge in [0.1, 0.15) is 23.7 Å². The molecule has 0 aliphatic rings. The average molecular weight is 276 g/mol. The fourth-order valence-electron chi connectivity index (χ4n) is 1.26. The second-order valence-corrected chi connectivity index (χ2v) is 5.98. The van der Waals surface area contributed by atoms with Gasteiger partial charge in [0.05, 0.1) is 5.75 Å². The van der Waals surface area contributed by atoms with Gasteiger partial charge in [0.25, 0.3) is 0 Å². The van der Waals surface area contributed by atoms with Crippen molar-refractivity contribution in [3.8, 4) is 5.75 Å². The van der Waals surface area contributed by atoms with Gasteiger partial charge in [-0.15, -0.1) is 0 Å². The summed E-state index contributed by atoms with van der Waals surface area (Å²) in [5, 5.41) is 8.81. The molecule has 0 aliphatic carbocycles. The highest BCUT2D eigenvalue weighted by Gasteiger charge is 2.17. The minimum absolute atomic E-state index is 0.0225. The van der Waals surface area contributed by atoms with Gasteiger partial charge in [-0.05, 0) is 12.1 Å². The van der Waals surface area contributed by atoms with Gasteiger partial charge in [0.15, 0.2) is 9.84 Å². The largest absolute Gasteiger partial charge is 0.492 e. The lowest BCUT2D eigenvalue weighted by Gasteiger charge is -2.09. The molecule has 0 fully saturated rings. The van der Waals surface area contributed by atoms with E-state index in [2.05, 4.69) is 0 Å². The summed E-state index contributed by atoms with van der Waals surface area (Å²) in [4.78, 5) is 10.8. The molecule has 0 saturated carbocycles. The van der Waals surface area contributed by atoms with E-state index in [1.54, 1.807) is 0 Å².